The third-order valence-corrected chi connectivity index (χ3v) is 4.93. The van der Waals surface area contributed by atoms with E-state index in [-0.39, 0.29) is 0 Å². The van der Waals surface area contributed by atoms with Gasteiger partial charge in [0.05, 0.1) is 12.8 Å². The van der Waals surface area contributed by atoms with Gasteiger partial charge < -0.3 is 9.47 Å². The fourth-order valence-electron chi connectivity index (χ4n) is 3.49. The molecule has 0 aliphatic carbocycles. The van der Waals surface area contributed by atoms with E-state index in [9.17, 15) is 0 Å². The Morgan fingerprint density at radius 3 is 2.56 bits per heavy atom. The molecule has 2 aromatic carbocycles. The number of rotatable bonds is 6. The third-order valence-electron chi connectivity index (χ3n) is 4.93. The second-order valence-corrected chi connectivity index (χ2v) is 6.83. The molecule has 138 valence electrons. The topological polar surface area (TPSA) is 34.6 Å². The van der Waals surface area contributed by atoms with Gasteiger partial charge in [0.15, 0.2) is 11.5 Å². The van der Waals surface area contributed by atoms with Crippen molar-refractivity contribution in [1.29, 1.82) is 0 Å². The van der Waals surface area contributed by atoms with Gasteiger partial charge in [0.2, 0.25) is 0 Å². The molecule has 0 saturated carbocycles. The van der Waals surface area contributed by atoms with E-state index in [1.165, 1.54) is 11.1 Å². The van der Waals surface area contributed by atoms with Gasteiger partial charge in [-0.2, -0.15) is 0 Å². The monoisotopic (exact) mass is 360 g/mol. The van der Waals surface area contributed by atoms with Crippen LogP contribution in [0.25, 0.3) is 0 Å². The van der Waals surface area contributed by atoms with E-state index >= 15 is 0 Å². The van der Waals surface area contributed by atoms with Gasteiger partial charge in [0, 0.05) is 25.8 Å². The molecule has 4 heteroatoms. The summed E-state index contributed by atoms with van der Waals surface area (Å²) in [6, 6.07) is 20.6. The van der Waals surface area contributed by atoms with E-state index in [0.29, 0.717) is 6.61 Å². The van der Waals surface area contributed by atoms with Crippen molar-refractivity contribution in [2.45, 2.75) is 26.1 Å². The highest BCUT2D eigenvalue weighted by atomic mass is 16.5. The number of benzene rings is 2. The van der Waals surface area contributed by atoms with E-state index in [2.05, 4.69) is 40.2 Å². The minimum absolute atomic E-state index is 0.543. The molecule has 1 aromatic heterocycles. The number of methoxy groups -OCH3 is 1. The summed E-state index contributed by atoms with van der Waals surface area (Å²) in [5, 5.41) is 0. The van der Waals surface area contributed by atoms with Crippen molar-refractivity contribution < 1.29 is 9.47 Å². The van der Waals surface area contributed by atoms with Gasteiger partial charge >= 0.3 is 0 Å². The molecule has 0 unspecified atom stereocenters. The number of nitrogens with zero attached hydrogens (tertiary/aromatic N) is 2. The van der Waals surface area contributed by atoms with Crippen LogP contribution < -0.4 is 9.47 Å². The molecule has 27 heavy (non-hydrogen) atoms. The first kappa shape index (κ1) is 17.6. The van der Waals surface area contributed by atoms with Crippen LogP contribution in [-0.4, -0.2) is 23.5 Å². The Labute approximate surface area is 160 Å². The summed E-state index contributed by atoms with van der Waals surface area (Å²) in [4.78, 5) is 6.87. The second-order valence-electron chi connectivity index (χ2n) is 6.83. The van der Waals surface area contributed by atoms with Gasteiger partial charge in [-0.15, -0.1) is 0 Å². The van der Waals surface area contributed by atoms with Crippen molar-refractivity contribution in [3.8, 4) is 11.5 Å². The van der Waals surface area contributed by atoms with Gasteiger partial charge in [-0.1, -0.05) is 36.4 Å². The van der Waals surface area contributed by atoms with Crippen LogP contribution in [0.15, 0.2) is 66.9 Å². The maximum atomic E-state index is 6.05. The summed E-state index contributed by atoms with van der Waals surface area (Å²) >= 11 is 0. The summed E-state index contributed by atoms with van der Waals surface area (Å²) < 4.78 is 11.7. The third kappa shape index (κ3) is 4.29. The summed E-state index contributed by atoms with van der Waals surface area (Å²) in [5.74, 6) is 1.61. The lowest BCUT2D eigenvalue weighted by Gasteiger charge is -2.29. The molecule has 0 N–H and O–H groups in total. The first-order chi connectivity index (χ1) is 13.3. The average Bonchev–Trinajstić information content (AvgIpc) is 2.73. The van der Waals surface area contributed by atoms with Gasteiger partial charge in [0.25, 0.3) is 0 Å². The maximum absolute atomic E-state index is 6.05. The number of fused-ring (bicyclic) bond motifs is 1. The van der Waals surface area contributed by atoms with Crippen LogP contribution in [0.5, 0.6) is 11.5 Å². The Balaban J connectivity index is 1.48. The summed E-state index contributed by atoms with van der Waals surface area (Å²) in [7, 11) is 1.70. The summed E-state index contributed by atoms with van der Waals surface area (Å²) in [6.45, 7) is 3.34. The van der Waals surface area contributed by atoms with Crippen molar-refractivity contribution in [1.82, 2.24) is 9.88 Å². The quantitative estimate of drug-likeness (QED) is 0.659. The Bertz CT molecular complexity index is 882. The largest absolute Gasteiger partial charge is 0.493 e. The lowest BCUT2D eigenvalue weighted by Crippen LogP contribution is -2.30. The molecule has 4 nitrogen and oxygen atoms in total. The first-order valence-corrected chi connectivity index (χ1v) is 9.30. The van der Waals surface area contributed by atoms with Gasteiger partial charge in [-0.05, 0) is 47.4 Å². The van der Waals surface area contributed by atoms with Crippen LogP contribution in [0.1, 0.15) is 22.4 Å². The maximum Gasteiger partial charge on any atom is 0.161 e. The van der Waals surface area contributed by atoms with Crippen molar-refractivity contribution in [2.75, 3.05) is 13.7 Å². The van der Waals surface area contributed by atoms with E-state index in [4.69, 9.17) is 9.47 Å². The highest BCUT2D eigenvalue weighted by Crippen LogP contribution is 2.34. The fourth-order valence-corrected chi connectivity index (χ4v) is 3.49. The second kappa shape index (κ2) is 8.23. The standard InChI is InChI=1S/C23H24N2O2/c1-26-22-14-20-15-25(16-21-9-5-6-11-24-21)12-10-19(20)13-23(22)27-17-18-7-3-2-4-8-18/h2-9,11,13-14H,10,12,15-17H2,1H3. The Morgan fingerprint density at radius 2 is 1.78 bits per heavy atom. The SMILES string of the molecule is COc1cc2c(cc1OCc1ccccc1)CCN(Cc1ccccn1)C2. The average molecular weight is 360 g/mol. The van der Waals surface area contributed by atoms with Crippen LogP contribution in [0, 0.1) is 0 Å². The molecule has 0 saturated heterocycles. The fraction of sp³-hybridized carbons (Fsp3) is 0.261. The Morgan fingerprint density at radius 1 is 0.963 bits per heavy atom. The zero-order valence-corrected chi connectivity index (χ0v) is 15.6. The van der Waals surface area contributed by atoms with E-state index in [0.717, 1.165) is 48.8 Å². The molecule has 0 spiro atoms. The molecule has 1 aliphatic rings. The lowest BCUT2D eigenvalue weighted by atomic mass is 9.98. The Kier molecular flexibility index (Phi) is 5.35. The van der Waals surface area contributed by atoms with E-state index < -0.39 is 0 Å². The molecule has 3 aromatic rings. The molecular formula is C23H24N2O2. The van der Waals surface area contributed by atoms with Crippen molar-refractivity contribution in [2.24, 2.45) is 0 Å². The van der Waals surface area contributed by atoms with Gasteiger partial charge in [-0.3, -0.25) is 9.88 Å². The molecule has 1 aliphatic heterocycles. The van der Waals surface area contributed by atoms with Gasteiger partial charge in [0.1, 0.15) is 6.61 Å². The van der Waals surface area contributed by atoms with Crippen LogP contribution in [0.3, 0.4) is 0 Å². The number of hydrogen-bond acceptors (Lipinski definition) is 4. The van der Waals surface area contributed by atoms with Crippen LogP contribution in [0.2, 0.25) is 0 Å². The number of hydrogen-bond donors (Lipinski definition) is 0. The minimum Gasteiger partial charge on any atom is -0.493 e. The normalized spacial score (nSPS) is 13.8. The van der Waals surface area contributed by atoms with Crippen molar-refractivity contribution in [3.05, 3.63) is 89.2 Å². The highest BCUT2D eigenvalue weighted by molar-refractivity contribution is 5.48. The molecule has 0 bridgehead atoms. The van der Waals surface area contributed by atoms with E-state index in [1.807, 2.05) is 36.5 Å². The predicted molar refractivity (Wildman–Crippen MR) is 106 cm³/mol. The zero-order chi connectivity index (χ0) is 18.5. The number of aromatic nitrogens is 1. The zero-order valence-electron chi connectivity index (χ0n) is 15.6. The molecular weight excluding hydrogens is 336 g/mol. The number of ether oxygens (including phenoxy) is 2. The summed E-state index contributed by atoms with van der Waals surface area (Å²) in [6.07, 6.45) is 2.86. The molecule has 0 radical (unpaired) electrons. The lowest BCUT2D eigenvalue weighted by molar-refractivity contribution is 0.239. The molecule has 0 atom stereocenters. The summed E-state index contributed by atoms with van der Waals surface area (Å²) in [5.41, 5.74) is 4.91. The Hall–Kier alpha value is -2.85. The van der Waals surface area contributed by atoms with Gasteiger partial charge in [-0.25, -0.2) is 0 Å². The minimum atomic E-state index is 0.543. The number of pyridine rings is 1. The van der Waals surface area contributed by atoms with Crippen LogP contribution >= 0.6 is 0 Å². The molecule has 0 fully saturated rings. The molecule has 4 rings (SSSR count). The smallest absolute Gasteiger partial charge is 0.161 e. The van der Waals surface area contributed by atoms with Crippen molar-refractivity contribution >= 4 is 0 Å². The van der Waals surface area contributed by atoms with Crippen LogP contribution in [-0.2, 0) is 26.1 Å². The molecule has 2 heterocycles. The predicted octanol–water partition coefficient (Wildman–Crippen LogP) is 4.23. The van der Waals surface area contributed by atoms with Crippen LogP contribution in [0.4, 0.5) is 0 Å². The van der Waals surface area contributed by atoms with E-state index in [1.54, 1.807) is 7.11 Å². The highest BCUT2D eigenvalue weighted by Gasteiger charge is 2.20. The first-order valence-electron chi connectivity index (χ1n) is 9.30. The molecule has 0 amide bonds. The van der Waals surface area contributed by atoms with Crippen molar-refractivity contribution in [3.63, 3.8) is 0 Å².